The van der Waals surface area contributed by atoms with Gasteiger partial charge in [0.15, 0.2) is 0 Å². The zero-order chi connectivity index (χ0) is 14.7. The molecule has 0 radical (unpaired) electrons. The van der Waals surface area contributed by atoms with Crippen molar-refractivity contribution in [3.05, 3.63) is 52.3 Å². The molecule has 0 saturated carbocycles. The summed E-state index contributed by atoms with van der Waals surface area (Å²) < 4.78 is 18.7. The minimum atomic E-state index is -0.451. The number of hydrogen-bond acceptors (Lipinski definition) is 3. The Labute approximate surface area is 123 Å². The first-order valence-electron chi connectivity index (χ1n) is 5.71. The van der Waals surface area contributed by atoms with Gasteiger partial charge in [-0.2, -0.15) is 0 Å². The number of methoxy groups -OCH3 is 1. The topological polar surface area (TPSA) is 64.3 Å². The molecule has 0 aliphatic carbocycles. The summed E-state index contributed by atoms with van der Waals surface area (Å²) >= 11 is 3.31. The Morgan fingerprint density at radius 3 is 2.65 bits per heavy atom. The zero-order valence-corrected chi connectivity index (χ0v) is 12.2. The van der Waals surface area contributed by atoms with E-state index >= 15 is 0 Å². The second-order valence-electron chi connectivity index (χ2n) is 4.04. The molecule has 0 bridgehead atoms. The number of amides is 1. The van der Waals surface area contributed by atoms with Gasteiger partial charge >= 0.3 is 0 Å². The van der Waals surface area contributed by atoms with Crippen molar-refractivity contribution < 1.29 is 13.9 Å². The van der Waals surface area contributed by atoms with Crippen LogP contribution in [0.1, 0.15) is 10.4 Å². The molecule has 0 aliphatic rings. The molecule has 1 amide bonds. The lowest BCUT2D eigenvalue weighted by Gasteiger charge is -2.09. The second kappa shape index (κ2) is 5.92. The number of nitrogen functional groups attached to an aromatic ring is 1. The molecule has 2 aromatic rings. The lowest BCUT2D eigenvalue weighted by atomic mass is 10.2. The Balaban J connectivity index is 2.21. The molecule has 0 spiro atoms. The standard InChI is InChI=1S/C14H12BrFN2O2/c1-20-13-5-2-8(6-10(13)15)14(19)18-12-4-3-9(16)7-11(12)17/h2-7H,17H2,1H3,(H,18,19). The highest BCUT2D eigenvalue weighted by Gasteiger charge is 2.11. The highest BCUT2D eigenvalue weighted by atomic mass is 79.9. The van der Waals surface area contributed by atoms with Crippen LogP contribution in [-0.2, 0) is 0 Å². The Kier molecular flexibility index (Phi) is 4.24. The average Bonchev–Trinajstić information content (AvgIpc) is 2.41. The number of carbonyl (C=O) groups is 1. The molecule has 3 N–H and O–H groups in total. The van der Waals surface area contributed by atoms with E-state index in [-0.39, 0.29) is 11.6 Å². The maximum absolute atomic E-state index is 12.9. The summed E-state index contributed by atoms with van der Waals surface area (Å²) in [5.41, 5.74) is 6.61. The highest BCUT2D eigenvalue weighted by molar-refractivity contribution is 9.10. The fourth-order valence-corrected chi connectivity index (χ4v) is 2.19. The van der Waals surface area contributed by atoms with Crippen LogP contribution < -0.4 is 15.8 Å². The third-order valence-corrected chi connectivity index (χ3v) is 3.30. The summed E-state index contributed by atoms with van der Waals surface area (Å²) in [5.74, 6) is -0.165. The molecule has 0 unspecified atom stereocenters. The Morgan fingerprint density at radius 2 is 2.05 bits per heavy atom. The maximum atomic E-state index is 12.9. The quantitative estimate of drug-likeness (QED) is 0.842. The van der Waals surface area contributed by atoms with Crippen molar-refractivity contribution in [2.75, 3.05) is 18.2 Å². The van der Waals surface area contributed by atoms with Gasteiger partial charge in [0.05, 0.1) is 23.0 Å². The first kappa shape index (κ1) is 14.3. The van der Waals surface area contributed by atoms with Crippen molar-refractivity contribution in [2.45, 2.75) is 0 Å². The SMILES string of the molecule is COc1ccc(C(=O)Nc2ccc(F)cc2N)cc1Br. The van der Waals surface area contributed by atoms with E-state index in [9.17, 15) is 9.18 Å². The van der Waals surface area contributed by atoms with Crippen molar-refractivity contribution in [1.29, 1.82) is 0 Å². The van der Waals surface area contributed by atoms with E-state index in [1.165, 1.54) is 12.1 Å². The van der Waals surface area contributed by atoms with Crippen molar-refractivity contribution >= 4 is 33.2 Å². The lowest BCUT2D eigenvalue weighted by molar-refractivity contribution is 0.102. The number of halogens is 2. The van der Waals surface area contributed by atoms with Gasteiger partial charge in [0.1, 0.15) is 11.6 Å². The molecule has 6 heteroatoms. The van der Waals surface area contributed by atoms with Crippen molar-refractivity contribution in [2.24, 2.45) is 0 Å². The Bertz CT molecular complexity index is 662. The molecular weight excluding hydrogens is 327 g/mol. The van der Waals surface area contributed by atoms with E-state index in [0.29, 0.717) is 21.5 Å². The largest absolute Gasteiger partial charge is 0.496 e. The normalized spacial score (nSPS) is 10.2. The average molecular weight is 339 g/mol. The van der Waals surface area contributed by atoms with Gasteiger partial charge in [-0.15, -0.1) is 0 Å². The van der Waals surface area contributed by atoms with E-state index < -0.39 is 5.82 Å². The fraction of sp³-hybridized carbons (Fsp3) is 0.0714. The molecule has 2 rings (SSSR count). The Hall–Kier alpha value is -2.08. The highest BCUT2D eigenvalue weighted by Crippen LogP contribution is 2.26. The third-order valence-electron chi connectivity index (χ3n) is 2.68. The fourth-order valence-electron chi connectivity index (χ4n) is 1.65. The smallest absolute Gasteiger partial charge is 0.255 e. The summed E-state index contributed by atoms with van der Waals surface area (Å²) in [5, 5.41) is 2.63. The van der Waals surface area contributed by atoms with E-state index in [4.69, 9.17) is 10.5 Å². The number of nitrogens with one attached hydrogen (secondary N) is 1. The summed E-state index contributed by atoms with van der Waals surface area (Å²) in [4.78, 5) is 12.1. The van der Waals surface area contributed by atoms with Crippen molar-refractivity contribution in [3.63, 3.8) is 0 Å². The predicted molar refractivity (Wildman–Crippen MR) is 79.5 cm³/mol. The molecule has 2 aromatic carbocycles. The lowest BCUT2D eigenvalue weighted by Crippen LogP contribution is -2.13. The van der Waals surface area contributed by atoms with Crippen LogP contribution in [0.3, 0.4) is 0 Å². The van der Waals surface area contributed by atoms with Crippen LogP contribution in [0, 0.1) is 5.82 Å². The van der Waals surface area contributed by atoms with Gasteiger partial charge in [-0.05, 0) is 52.3 Å². The number of anilines is 2. The molecule has 0 heterocycles. The van der Waals surface area contributed by atoms with Gasteiger partial charge in [-0.1, -0.05) is 0 Å². The number of nitrogens with two attached hydrogens (primary N) is 1. The summed E-state index contributed by atoms with van der Waals surface area (Å²) in [7, 11) is 1.54. The van der Waals surface area contributed by atoms with Crippen LogP contribution in [-0.4, -0.2) is 13.0 Å². The summed E-state index contributed by atoms with van der Waals surface area (Å²) in [6.07, 6.45) is 0. The van der Waals surface area contributed by atoms with E-state index in [0.717, 1.165) is 6.07 Å². The van der Waals surface area contributed by atoms with Gasteiger partial charge in [0.25, 0.3) is 5.91 Å². The molecule has 0 atom stereocenters. The van der Waals surface area contributed by atoms with E-state index in [2.05, 4.69) is 21.2 Å². The van der Waals surface area contributed by atoms with E-state index in [1.54, 1.807) is 25.3 Å². The van der Waals surface area contributed by atoms with Gasteiger partial charge in [0, 0.05) is 5.56 Å². The number of ether oxygens (including phenoxy) is 1. The van der Waals surface area contributed by atoms with Crippen molar-refractivity contribution in [1.82, 2.24) is 0 Å². The number of hydrogen-bond donors (Lipinski definition) is 2. The molecule has 0 aliphatic heterocycles. The third kappa shape index (κ3) is 3.08. The molecular formula is C14H12BrFN2O2. The van der Waals surface area contributed by atoms with Crippen molar-refractivity contribution in [3.8, 4) is 5.75 Å². The van der Waals surface area contributed by atoms with Gasteiger partial charge < -0.3 is 15.8 Å². The molecule has 0 fully saturated rings. The molecule has 4 nitrogen and oxygen atoms in total. The van der Waals surface area contributed by atoms with Gasteiger partial charge in [-0.3, -0.25) is 4.79 Å². The van der Waals surface area contributed by atoms with Crippen LogP contribution in [0.4, 0.5) is 15.8 Å². The number of rotatable bonds is 3. The second-order valence-corrected chi connectivity index (χ2v) is 4.89. The first-order valence-corrected chi connectivity index (χ1v) is 6.50. The summed E-state index contributed by atoms with van der Waals surface area (Å²) in [6.45, 7) is 0. The number of benzene rings is 2. The minimum Gasteiger partial charge on any atom is -0.496 e. The zero-order valence-electron chi connectivity index (χ0n) is 10.6. The monoisotopic (exact) mass is 338 g/mol. The van der Waals surface area contributed by atoms with Crippen LogP contribution in [0.25, 0.3) is 0 Å². The first-order chi connectivity index (χ1) is 9.51. The minimum absolute atomic E-state index is 0.172. The van der Waals surface area contributed by atoms with E-state index in [1.807, 2.05) is 0 Å². The van der Waals surface area contributed by atoms with Gasteiger partial charge in [0.2, 0.25) is 0 Å². The molecule has 104 valence electrons. The van der Waals surface area contributed by atoms with Crippen LogP contribution in [0.15, 0.2) is 40.9 Å². The van der Waals surface area contributed by atoms with Crippen LogP contribution >= 0.6 is 15.9 Å². The predicted octanol–water partition coefficient (Wildman–Crippen LogP) is 3.43. The van der Waals surface area contributed by atoms with Gasteiger partial charge in [-0.25, -0.2) is 4.39 Å². The molecule has 0 saturated heterocycles. The van der Waals surface area contributed by atoms with Crippen LogP contribution in [0.5, 0.6) is 5.75 Å². The number of carbonyl (C=O) groups excluding carboxylic acids is 1. The molecule has 0 aromatic heterocycles. The maximum Gasteiger partial charge on any atom is 0.255 e. The van der Waals surface area contributed by atoms with Crippen LogP contribution in [0.2, 0.25) is 0 Å². The Morgan fingerprint density at radius 1 is 1.30 bits per heavy atom. The summed E-state index contributed by atoms with van der Waals surface area (Å²) in [6, 6.07) is 8.73. The molecule has 20 heavy (non-hydrogen) atoms.